The number of aliphatic hydroxyl groups is 6. The normalized spacial score (nSPS) is 30.0. The van der Waals surface area contributed by atoms with Crippen molar-refractivity contribution in [3.05, 3.63) is 264 Å². The number of benzene rings is 6. The number of methoxy groups -OCH3 is 3. The molecule has 2 amide bonds. The topological polar surface area (TPSA) is 305 Å². The molecule has 112 heavy (non-hydrogen) atoms. The SMILES string of the molecule is C1CCNCC1.COc1cncc2c1[C@]1(O)[C@H](O)[C@H](C(=O)N3CCCCC3)[C@@H](c3ccccc3)[C@]1(c1ccc(Br)cc1)O2.COc1cncc2c1[C@]1(O)[C@H](O)[C@H](C(=O)N3CCCCC3)[C@@H](c3ccccc3)[C@]1(c1ccc(Br)cc1)O2.COc1cncc2c1[C@]1(O)[C@H](O)[C@H](C(=O)O)[C@@H](c3ccccc3)C1(c1ccc(Br)cc1)O2. The molecule has 584 valence electrons. The quantitative estimate of drug-likeness (QED) is 0.0563. The summed E-state index contributed by atoms with van der Waals surface area (Å²) >= 11 is 10.4. The van der Waals surface area contributed by atoms with E-state index in [-0.39, 0.29) is 28.9 Å². The number of nitrogens with zero attached hydrogens (tertiary/aromatic N) is 5. The summed E-state index contributed by atoms with van der Waals surface area (Å²) in [6, 6.07) is 50.2. The van der Waals surface area contributed by atoms with Crippen molar-refractivity contribution in [3.63, 3.8) is 0 Å². The molecule has 0 bridgehead atoms. The molecule has 0 radical (unpaired) electrons. The number of piperidine rings is 3. The van der Waals surface area contributed by atoms with Gasteiger partial charge < -0.3 is 79.3 Å². The molecule has 3 saturated carbocycles. The van der Waals surface area contributed by atoms with E-state index >= 15 is 0 Å². The number of aromatic nitrogens is 3. The highest BCUT2D eigenvalue weighted by Crippen LogP contribution is 2.73. The molecule has 6 aromatic carbocycles. The number of carbonyl (C=O) groups excluding carboxylic acids is 2. The van der Waals surface area contributed by atoms with Crippen molar-refractivity contribution >= 4 is 65.6 Å². The van der Waals surface area contributed by atoms with Crippen molar-refractivity contribution in [1.29, 1.82) is 0 Å². The molecule has 22 nitrogen and oxygen atoms in total. The Morgan fingerprint density at radius 2 is 0.679 bits per heavy atom. The Hall–Kier alpha value is -8.86. The maximum atomic E-state index is 14.2. The van der Waals surface area contributed by atoms with Crippen LogP contribution in [-0.2, 0) is 48.0 Å². The molecule has 15 atom stereocenters. The molecule has 3 aromatic heterocycles. The van der Waals surface area contributed by atoms with E-state index < -0.39 is 93.4 Å². The number of aliphatic carboxylic acids is 1. The zero-order chi connectivity index (χ0) is 78.5. The third-order valence-corrected chi connectivity index (χ3v) is 25.9. The number of carboxylic acid groups (broad SMARTS) is 1. The molecule has 6 aliphatic heterocycles. The molecule has 0 spiro atoms. The van der Waals surface area contributed by atoms with E-state index in [0.717, 1.165) is 63.1 Å². The summed E-state index contributed by atoms with van der Waals surface area (Å²) in [5, 5.41) is 87.2. The van der Waals surface area contributed by atoms with Crippen LogP contribution in [0.3, 0.4) is 0 Å². The lowest BCUT2D eigenvalue weighted by Crippen LogP contribution is -2.52. The van der Waals surface area contributed by atoms with Crippen molar-refractivity contribution in [3.8, 4) is 34.5 Å². The number of rotatable bonds is 12. The Morgan fingerprint density at radius 1 is 0.402 bits per heavy atom. The van der Waals surface area contributed by atoms with Crippen molar-refractivity contribution in [2.45, 2.75) is 127 Å². The molecule has 8 N–H and O–H groups in total. The lowest BCUT2D eigenvalue weighted by Gasteiger charge is -2.41. The smallest absolute Gasteiger partial charge is 0.310 e. The fourth-order valence-electron chi connectivity index (χ4n) is 19.6. The van der Waals surface area contributed by atoms with Gasteiger partial charge in [0.25, 0.3) is 0 Å². The predicted octanol–water partition coefficient (Wildman–Crippen LogP) is 12.2. The van der Waals surface area contributed by atoms with Crippen LogP contribution in [0.4, 0.5) is 0 Å². The molecule has 25 heteroatoms. The van der Waals surface area contributed by atoms with Gasteiger partial charge in [-0.1, -0.05) is 182 Å². The first-order valence-corrected chi connectivity index (χ1v) is 40.4. The van der Waals surface area contributed by atoms with E-state index in [1.54, 1.807) is 48.5 Å². The van der Waals surface area contributed by atoms with Crippen molar-refractivity contribution in [2.75, 3.05) is 60.6 Å². The average molecular weight is 1710 g/mol. The first-order valence-electron chi connectivity index (χ1n) is 38.0. The molecule has 9 aromatic rings. The van der Waals surface area contributed by atoms with Crippen molar-refractivity contribution < 1.29 is 78.6 Å². The third kappa shape index (κ3) is 12.5. The van der Waals surface area contributed by atoms with E-state index in [0.29, 0.717) is 82.6 Å². The summed E-state index contributed by atoms with van der Waals surface area (Å²) in [6.45, 7) is 5.05. The highest BCUT2D eigenvalue weighted by atomic mass is 79.9. The van der Waals surface area contributed by atoms with Crippen LogP contribution in [0.1, 0.15) is 126 Å². The van der Waals surface area contributed by atoms with Gasteiger partial charge in [0.1, 0.15) is 52.8 Å². The molecular weight excluding hydrogens is 1620 g/mol. The number of halogens is 3. The van der Waals surface area contributed by atoms with Gasteiger partial charge in [0.2, 0.25) is 11.8 Å². The number of amides is 2. The number of fused-ring (bicyclic) bond motifs is 9. The number of carboxylic acids is 1. The number of ether oxygens (including phenoxy) is 6. The van der Waals surface area contributed by atoms with Crippen LogP contribution >= 0.6 is 47.8 Å². The second kappa shape index (κ2) is 31.8. The minimum atomic E-state index is -2.12. The van der Waals surface area contributed by atoms with Gasteiger partial charge in [-0.3, -0.25) is 29.3 Å². The molecule has 9 aliphatic rings. The molecule has 18 rings (SSSR count). The van der Waals surface area contributed by atoms with Gasteiger partial charge in [0.15, 0.2) is 33.6 Å². The summed E-state index contributed by atoms with van der Waals surface area (Å²) in [7, 11) is 4.41. The van der Waals surface area contributed by atoms with Gasteiger partial charge >= 0.3 is 5.97 Å². The summed E-state index contributed by atoms with van der Waals surface area (Å²) in [5.74, 6) is -5.41. The molecule has 9 heterocycles. The average Bonchev–Trinajstić information content (AvgIpc) is 1.51. The number of pyridine rings is 3. The Morgan fingerprint density at radius 3 is 0.938 bits per heavy atom. The van der Waals surface area contributed by atoms with Gasteiger partial charge in [-0.2, -0.15) is 0 Å². The number of nitrogens with one attached hydrogen (secondary N) is 1. The lowest BCUT2D eigenvalue weighted by molar-refractivity contribution is -0.159. The van der Waals surface area contributed by atoms with Crippen molar-refractivity contribution in [1.82, 2.24) is 30.1 Å². The van der Waals surface area contributed by atoms with Crippen LogP contribution in [0.5, 0.6) is 34.5 Å². The Labute approximate surface area is 674 Å². The van der Waals surface area contributed by atoms with E-state index in [1.807, 2.05) is 125 Å². The van der Waals surface area contributed by atoms with Crippen LogP contribution in [0.15, 0.2) is 214 Å². The zero-order valence-corrected chi connectivity index (χ0v) is 66.8. The fourth-order valence-corrected chi connectivity index (χ4v) is 20.3. The number of likely N-dealkylation sites (tertiary alicyclic amines) is 2. The van der Waals surface area contributed by atoms with Gasteiger partial charge in [0.05, 0.1) is 93.0 Å². The maximum absolute atomic E-state index is 14.2. The minimum Gasteiger partial charge on any atom is -0.495 e. The summed E-state index contributed by atoms with van der Waals surface area (Å²) in [4.78, 5) is 57.2. The van der Waals surface area contributed by atoms with Gasteiger partial charge in [-0.15, -0.1) is 0 Å². The van der Waals surface area contributed by atoms with Gasteiger partial charge in [-0.25, -0.2) is 0 Å². The molecule has 6 fully saturated rings. The fraction of sp³-hybridized carbons (Fsp3) is 0.379. The second-order valence-corrected chi connectivity index (χ2v) is 32.7. The van der Waals surface area contributed by atoms with Crippen LogP contribution in [0, 0.1) is 17.8 Å². The highest BCUT2D eigenvalue weighted by molar-refractivity contribution is 9.11. The maximum Gasteiger partial charge on any atom is 0.310 e. The minimum absolute atomic E-state index is 0.168. The predicted molar refractivity (Wildman–Crippen MR) is 425 cm³/mol. The zero-order valence-electron chi connectivity index (χ0n) is 62.0. The Bertz CT molecular complexity index is 4660. The first-order chi connectivity index (χ1) is 54.2. The van der Waals surface area contributed by atoms with Crippen LogP contribution < -0.4 is 33.7 Å². The molecule has 3 aliphatic carbocycles. The van der Waals surface area contributed by atoms with Crippen LogP contribution in [0.25, 0.3) is 0 Å². The number of carbonyl (C=O) groups is 3. The third-order valence-electron chi connectivity index (χ3n) is 24.3. The Balaban J connectivity index is 0.000000128. The summed E-state index contributed by atoms with van der Waals surface area (Å²) in [5.41, 5.74) is -5.88. The number of hydrogen-bond donors (Lipinski definition) is 8. The van der Waals surface area contributed by atoms with Gasteiger partial charge in [-0.05, 0) is 134 Å². The number of aliphatic hydroxyl groups excluding tert-OH is 3. The molecular formula is C87H89Br3N6O16. The largest absolute Gasteiger partial charge is 0.495 e. The monoisotopic (exact) mass is 1710 g/mol. The summed E-state index contributed by atoms with van der Waals surface area (Å²) in [6.07, 6.45) is 14.4. The van der Waals surface area contributed by atoms with E-state index in [4.69, 9.17) is 28.4 Å². The molecule has 1 unspecified atom stereocenters. The number of hydrogen-bond acceptors (Lipinski definition) is 19. The summed E-state index contributed by atoms with van der Waals surface area (Å²) < 4.78 is 39.2. The van der Waals surface area contributed by atoms with Crippen LogP contribution in [-0.4, -0.2) is 157 Å². The van der Waals surface area contributed by atoms with E-state index in [9.17, 15) is 50.1 Å². The molecule has 3 saturated heterocycles. The lowest BCUT2D eigenvalue weighted by atomic mass is 9.70. The van der Waals surface area contributed by atoms with Gasteiger partial charge in [0, 0.05) is 57.4 Å². The van der Waals surface area contributed by atoms with Crippen molar-refractivity contribution in [2.24, 2.45) is 17.8 Å². The van der Waals surface area contributed by atoms with E-state index in [2.05, 4.69) is 68.1 Å². The second-order valence-electron chi connectivity index (χ2n) is 30.0. The first kappa shape index (κ1) is 78.4. The van der Waals surface area contributed by atoms with Crippen LogP contribution in [0.2, 0.25) is 0 Å². The highest BCUT2D eigenvalue weighted by Gasteiger charge is 2.81. The van der Waals surface area contributed by atoms with E-state index in [1.165, 1.54) is 90.9 Å². The Kier molecular flexibility index (Phi) is 22.3. The standard InChI is InChI=1S/2C29H29BrN2O5.C24H20BrNO6.C5H11N/c2*1-36-21-16-31-17-22-25(21)28(35)26(33)23(27(34)32-14-6-3-7-15-32)24(18-8-4-2-5-9-18)29(28,37-22)19-10-12-20(30)13-11-19;1-31-16-11-26-12-17-20(16)23(30)21(27)18(22(28)29)19(13-5-3-2-4-6-13)24(23,32-17)14-7-9-15(25)10-8-14;1-2-4-6-5-3-1/h2*2,4-5,8-13,16-17,23-24,26,33,35H,3,6-7,14-15H2,1H3;2-12,18-19,21,27,30H,1H3,(H,28,29);6H,1-5H2/t2*23-,24-,26-,28+,29+;18-,19-,21-,23+,24?;/m111./s1.